The van der Waals surface area contributed by atoms with Crippen molar-refractivity contribution in [3.05, 3.63) is 33.8 Å². The molecule has 156 valence electrons. The topological polar surface area (TPSA) is 65.9 Å². The number of benzene rings is 1. The molecule has 0 radical (unpaired) electrons. The zero-order valence-corrected chi connectivity index (χ0v) is 18.5. The smallest absolute Gasteiger partial charge is 0.386 e. The van der Waals surface area contributed by atoms with Gasteiger partial charge in [0.25, 0.3) is 0 Å². The quantitative estimate of drug-likeness (QED) is 0.189. The van der Waals surface area contributed by atoms with Crippen LogP contribution in [0.25, 0.3) is 0 Å². The summed E-state index contributed by atoms with van der Waals surface area (Å²) in [6.45, 7) is 1.64. The summed E-state index contributed by atoms with van der Waals surface area (Å²) in [4.78, 5) is 4.24. The maximum Gasteiger partial charge on any atom is 0.411 e. The molecular formula is C16H23Cl2F3IN3O2. The molecule has 0 amide bonds. The van der Waals surface area contributed by atoms with Gasteiger partial charge in [-0.15, -0.1) is 24.0 Å². The molecule has 0 spiro atoms. The third-order valence-corrected chi connectivity index (χ3v) is 3.50. The molecule has 5 nitrogen and oxygen atoms in total. The number of nitrogens with one attached hydrogen (secondary N) is 2. The first-order valence-electron chi connectivity index (χ1n) is 8.02. The third kappa shape index (κ3) is 12.6. The second-order valence-corrected chi connectivity index (χ2v) is 6.26. The largest absolute Gasteiger partial charge is 0.411 e. The zero-order valence-electron chi connectivity index (χ0n) is 14.7. The molecule has 1 unspecified atom stereocenters. The molecule has 1 aromatic rings. The summed E-state index contributed by atoms with van der Waals surface area (Å²) < 4.78 is 40.4. The van der Waals surface area contributed by atoms with Gasteiger partial charge >= 0.3 is 6.18 Å². The Hall–Kier alpha value is -0.490. The number of ether oxygens (including phenoxy) is 1. The second kappa shape index (κ2) is 13.6. The summed E-state index contributed by atoms with van der Waals surface area (Å²) in [6.07, 6.45) is -4.83. The number of nitrogens with zero attached hydrogens (tertiary/aromatic N) is 1. The van der Waals surface area contributed by atoms with E-state index in [9.17, 15) is 18.3 Å². The minimum Gasteiger partial charge on any atom is -0.386 e. The molecule has 0 heterocycles. The van der Waals surface area contributed by atoms with E-state index < -0.39 is 18.9 Å². The molecule has 1 atom stereocenters. The molecule has 0 fully saturated rings. The van der Waals surface area contributed by atoms with Gasteiger partial charge < -0.3 is 20.5 Å². The molecule has 1 aromatic carbocycles. The van der Waals surface area contributed by atoms with Crippen molar-refractivity contribution in [3.63, 3.8) is 0 Å². The second-order valence-electron chi connectivity index (χ2n) is 5.39. The molecule has 0 aliphatic carbocycles. The van der Waals surface area contributed by atoms with Crippen molar-refractivity contribution in [1.82, 2.24) is 10.6 Å². The van der Waals surface area contributed by atoms with Crippen LogP contribution >= 0.6 is 47.2 Å². The van der Waals surface area contributed by atoms with Gasteiger partial charge in [0, 0.05) is 29.7 Å². The number of halogens is 6. The average Bonchev–Trinajstić information content (AvgIpc) is 2.53. The van der Waals surface area contributed by atoms with E-state index in [-0.39, 0.29) is 37.1 Å². The van der Waals surface area contributed by atoms with Gasteiger partial charge in [-0.1, -0.05) is 23.2 Å². The summed E-state index contributed by atoms with van der Waals surface area (Å²) in [5, 5.41) is 17.0. The van der Waals surface area contributed by atoms with Crippen LogP contribution in [-0.4, -0.2) is 50.1 Å². The highest BCUT2D eigenvalue weighted by Crippen LogP contribution is 2.23. The lowest BCUT2D eigenvalue weighted by atomic mass is 10.1. The SMILES string of the molecule is CCNC(=NCC(O)c1cc(Cl)cc(Cl)c1)NCCCOCC(F)(F)F.I. The molecular weight excluding hydrogens is 521 g/mol. The number of alkyl halides is 3. The number of rotatable bonds is 9. The van der Waals surface area contributed by atoms with E-state index in [1.54, 1.807) is 18.2 Å². The summed E-state index contributed by atoms with van der Waals surface area (Å²) in [7, 11) is 0. The predicted octanol–water partition coefficient (Wildman–Crippen LogP) is 4.17. The molecule has 0 aliphatic rings. The van der Waals surface area contributed by atoms with Crippen molar-refractivity contribution >= 4 is 53.1 Å². The lowest BCUT2D eigenvalue weighted by Crippen LogP contribution is -2.38. The number of guanidine groups is 1. The normalized spacial score (nSPS) is 13.1. The van der Waals surface area contributed by atoms with E-state index in [4.69, 9.17) is 23.2 Å². The first kappa shape index (κ1) is 26.5. The highest BCUT2D eigenvalue weighted by atomic mass is 127. The highest BCUT2D eigenvalue weighted by Gasteiger charge is 2.27. The highest BCUT2D eigenvalue weighted by molar-refractivity contribution is 14.0. The number of aliphatic imine (C=N–C) groups is 1. The molecule has 27 heavy (non-hydrogen) atoms. The first-order chi connectivity index (χ1) is 12.2. The molecule has 0 aromatic heterocycles. The molecule has 11 heteroatoms. The maximum atomic E-state index is 11.9. The summed E-state index contributed by atoms with van der Waals surface area (Å²) in [6, 6.07) is 4.77. The summed E-state index contributed by atoms with van der Waals surface area (Å²) >= 11 is 11.8. The van der Waals surface area contributed by atoms with E-state index in [0.29, 0.717) is 41.1 Å². The van der Waals surface area contributed by atoms with E-state index >= 15 is 0 Å². The fraction of sp³-hybridized carbons (Fsp3) is 0.562. The van der Waals surface area contributed by atoms with Gasteiger partial charge in [-0.05, 0) is 37.1 Å². The van der Waals surface area contributed by atoms with Crippen LogP contribution in [0.1, 0.15) is 25.0 Å². The minimum atomic E-state index is -4.32. The van der Waals surface area contributed by atoms with Crippen LogP contribution in [0.3, 0.4) is 0 Å². The maximum absolute atomic E-state index is 11.9. The Morgan fingerprint density at radius 2 is 1.85 bits per heavy atom. The van der Waals surface area contributed by atoms with Crippen molar-refractivity contribution in [3.8, 4) is 0 Å². The van der Waals surface area contributed by atoms with Gasteiger partial charge in [-0.25, -0.2) is 0 Å². The molecule has 1 rings (SSSR count). The van der Waals surface area contributed by atoms with Crippen molar-refractivity contribution in [1.29, 1.82) is 0 Å². The van der Waals surface area contributed by atoms with Crippen LogP contribution < -0.4 is 10.6 Å². The lowest BCUT2D eigenvalue weighted by molar-refractivity contribution is -0.173. The Bertz CT molecular complexity index is 572. The van der Waals surface area contributed by atoms with Crippen LogP contribution in [0.5, 0.6) is 0 Å². The molecule has 0 saturated heterocycles. The van der Waals surface area contributed by atoms with Crippen molar-refractivity contribution in [2.75, 3.05) is 32.8 Å². The van der Waals surface area contributed by atoms with E-state index in [2.05, 4.69) is 20.4 Å². The molecule has 3 N–H and O–H groups in total. The van der Waals surface area contributed by atoms with Crippen LogP contribution in [-0.2, 0) is 4.74 Å². The number of hydrogen-bond acceptors (Lipinski definition) is 3. The summed E-state index contributed by atoms with van der Waals surface area (Å²) in [5.74, 6) is 0.440. The van der Waals surface area contributed by atoms with Crippen LogP contribution in [0, 0.1) is 0 Å². The van der Waals surface area contributed by atoms with E-state index in [0.717, 1.165) is 0 Å². The monoisotopic (exact) mass is 543 g/mol. The van der Waals surface area contributed by atoms with E-state index in [1.165, 1.54) is 0 Å². The van der Waals surface area contributed by atoms with Gasteiger partial charge in [0.2, 0.25) is 0 Å². The average molecular weight is 544 g/mol. The van der Waals surface area contributed by atoms with Gasteiger partial charge in [0.05, 0.1) is 12.6 Å². The fourth-order valence-electron chi connectivity index (χ4n) is 1.96. The van der Waals surface area contributed by atoms with Gasteiger partial charge in [-0.2, -0.15) is 13.2 Å². The zero-order chi connectivity index (χ0) is 19.6. The number of aliphatic hydroxyl groups excluding tert-OH is 1. The molecule has 0 bridgehead atoms. The van der Waals surface area contributed by atoms with Gasteiger partial charge in [-0.3, -0.25) is 4.99 Å². The summed E-state index contributed by atoms with van der Waals surface area (Å²) in [5.41, 5.74) is 0.544. The standard InChI is InChI=1S/C16H22Cl2F3N3O2.HI/c1-2-22-15(23-4-3-5-26-10-16(19,20)21)24-9-14(25)11-6-12(17)8-13(18)7-11;/h6-8,14,25H,2-5,9-10H2,1H3,(H2,22,23,24);1H. The predicted molar refractivity (Wildman–Crippen MR) is 112 cm³/mol. The lowest BCUT2D eigenvalue weighted by Gasteiger charge is -2.14. The van der Waals surface area contributed by atoms with Gasteiger partial charge in [0.15, 0.2) is 5.96 Å². The van der Waals surface area contributed by atoms with Crippen molar-refractivity contribution in [2.24, 2.45) is 4.99 Å². The Morgan fingerprint density at radius 1 is 1.22 bits per heavy atom. The van der Waals surface area contributed by atoms with Crippen LogP contribution in [0.2, 0.25) is 10.0 Å². The molecule has 0 aliphatic heterocycles. The third-order valence-electron chi connectivity index (χ3n) is 3.06. The molecule has 0 saturated carbocycles. The Kier molecular flexibility index (Phi) is 13.4. The van der Waals surface area contributed by atoms with Crippen LogP contribution in [0.15, 0.2) is 23.2 Å². The number of hydrogen-bond donors (Lipinski definition) is 3. The Labute approximate surface area is 183 Å². The first-order valence-corrected chi connectivity index (χ1v) is 8.77. The van der Waals surface area contributed by atoms with Crippen LogP contribution in [0.4, 0.5) is 13.2 Å². The van der Waals surface area contributed by atoms with E-state index in [1.807, 2.05) is 6.92 Å². The van der Waals surface area contributed by atoms with Gasteiger partial charge in [0.1, 0.15) is 6.61 Å². The number of aliphatic hydroxyl groups is 1. The van der Waals surface area contributed by atoms with Crippen molar-refractivity contribution < 1.29 is 23.0 Å². The minimum absolute atomic E-state index is 0. The van der Waals surface area contributed by atoms with Crippen molar-refractivity contribution in [2.45, 2.75) is 25.6 Å². The fourth-order valence-corrected chi connectivity index (χ4v) is 2.50. The Balaban J connectivity index is 0.00000676. The Morgan fingerprint density at radius 3 is 2.41 bits per heavy atom.